The van der Waals surface area contributed by atoms with Gasteiger partial charge in [-0.3, -0.25) is 0 Å². The van der Waals surface area contributed by atoms with Crippen LogP contribution in [0.5, 0.6) is 0 Å². The van der Waals surface area contributed by atoms with E-state index in [1.54, 1.807) is 12.5 Å². The molecule has 1 fully saturated rings. The first-order chi connectivity index (χ1) is 8.97. The van der Waals surface area contributed by atoms with E-state index in [4.69, 9.17) is 0 Å². The number of imidazole rings is 1. The quantitative estimate of drug-likeness (QED) is 0.819. The number of hydrogen-bond donors (Lipinski definition) is 2. The number of aromatic nitrogens is 2. The summed E-state index contributed by atoms with van der Waals surface area (Å²) >= 11 is 0. The van der Waals surface area contributed by atoms with Crippen molar-refractivity contribution in [1.82, 2.24) is 19.6 Å². The summed E-state index contributed by atoms with van der Waals surface area (Å²) in [6.45, 7) is 6.33. The van der Waals surface area contributed by atoms with Crippen molar-refractivity contribution in [3.63, 3.8) is 0 Å². The van der Waals surface area contributed by atoms with E-state index in [1.807, 2.05) is 4.57 Å². The van der Waals surface area contributed by atoms with Gasteiger partial charge in [-0.25, -0.2) is 18.1 Å². The van der Waals surface area contributed by atoms with Crippen LogP contribution in [0.3, 0.4) is 0 Å². The maximum Gasteiger partial charge on any atom is 0.259 e. The Morgan fingerprint density at radius 1 is 1.55 bits per heavy atom. The second-order valence-corrected chi connectivity index (χ2v) is 7.16. The molecule has 0 radical (unpaired) electrons. The lowest BCUT2D eigenvalue weighted by Gasteiger charge is -2.10. The van der Waals surface area contributed by atoms with Crippen LogP contribution in [0.2, 0.25) is 0 Å². The van der Waals surface area contributed by atoms with Crippen LogP contribution in [0.15, 0.2) is 17.6 Å². The van der Waals surface area contributed by atoms with Crippen molar-refractivity contribution in [1.29, 1.82) is 0 Å². The number of nitrogens with one attached hydrogen (secondary N) is 2. The fourth-order valence-corrected chi connectivity index (χ4v) is 3.24. The second-order valence-electron chi connectivity index (χ2n) is 5.45. The van der Waals surface area contributed by atoms with E-state index in [0.29, 0.717) is 12.5 Å². The molecule has 8 heteroatoms. The van der Waals surface area contributed by atoms with Crippen molar-refractivity contribution in [3.05, 3.63) is 12.5 Å². The van der Waals surface area contributed by atoms with E-state index in [9.17, 15) is 8.42 Å². The zero-order chi connectivity index (χ0) is 13.9. The fraction of sp³-hybridized carbons (Fsp3) is 0.750. The Hall–Kier alpha value is -0.630. The van der Waals surface area contributed by atoms with Gasteiger partial charge in [-0.15, -0.1) is 12.4 Å². The molecule has 0 amide bonds. The van der Waals surface area contributed by atoms with Gasteiger partial charge in [0.1, 0.15) is 0 Å². The molecule has 1 aliphatic heterocycles. The minimum Gasteiger partial charge on any atom is -0.336 e. The summed E-state index contributed by atoms with van der Waals surface area (Å²) in [7, 11) is -3.48. The molecule has 116 valence electrons. The van der Waals surface area contributed by atoms with Crippen LogP contribution in [0.1, 0.15) is 26.7 Å². The van der Waals surface area contributed by atoms with E-state index < -0.39 is 10.0 Å². The summed E-state index contributed by atoms with van der Waals surface area (Å²) in [4.78, 5) is 3.98. The monoisotopic (exact) mass is 322 g/mol. The molecular weight excluding hydrogens is 300 g/mol. The molecule has 1 aromatic rings. The lowest BCUT2D eigenvalue weighted by molar-refractivity contribution is 0.521. The average Bonchev–Trinajstić information content (AvgIpc) is 2.96. The maximum atomic E-state index is 12.1. The Kier molecular flexibility index (Phi) is 6.44. The smallest absolute Gasteiger partial charge is 0.259 e. The molecule has 1 aromatic heterocycles. The normalized spacial score (nSPS) is 19.2. The predicted molar refractivity (Wildman–Crippen MR) is 80.5 cm³/mol. The van der Waals surface area contributed by atoms with Crippen molar-refractivity contribution in [2.75, 3.05) is 13.1 Å². The zero-order valence-corrected chi connectivity index (χ0v) is 13.5. The molecule has 2 heterocycles. The standard InChI is InChI=1S/C12H22N4O2S.ClH/c1-10(2)7-16-8-12(14-9-16)19(17,18)15-6-11-4-3-5-13-11;/h8-11,13,15H,3-7H2,1-2H3;1H. The number of hydrogen-bond acceptors (Lipinski definition) is 4. The van der Waals surface area contributed by atoms with E-state index in [-0.39, 0.29) is 23.5 Å². The molecule has 0 saturated carbocycles. The lowest BCUT2D eigenvalue weighted by atomic mass is 10.2. The molecule has 1 unspecified atom stereocenters. The molecular formula is C12H23ClN4O2S. The number of nitrogens with zero attached hydrogens (tertiary/aromatic N) is 2. The van der Waals surface area contributed by atoms with Gasteiger partial charge < -0.3 is 9.88 Å². The Morgan fingerprint density at radius 3 is 2.90 bits per heavy atom. The van der Waals surface area contributed by atoms with Gasteiger partial charge in [0.15, 0.2) is 5.03 Å². The summed E-state index contributed by atoms with van der Waals surface area (Å²) in [6.07, 6.45) is 5.28. The Balaban J connectivity index is 0.00000200. The van der Waals surface area contributed by atoms with Gasteiger partial charge in [0.05, 0.1) is 6.33 Å². The zero-order valence-electron chi connectivity index (χ0n) is 11.9. The molecule has 0 bridgehead atoms. The van der Waals surface area contributed by atoms with E-state index >= 15 is 0 Å². The first-order valence-corrected chi connectivity index (χ1v) is 8.20. The summed E-state index contributed by atoms with van der Waals surface area (Å²) in [6, 6.07) is 0.243. The number of halogens is 1. The van der Waals surface area contributed by atoms with Gasteiger partial charge >= 0.3 is 0 Å². The van der Waals surface area contributed by atoms with Crippen LogP contribution in [-0.4, -0.2) is 37.1 Å². The van der Waals surface area contributed by atoms with Gasteiger partial charge in [0, 0.05) is 25.3 Å². The summed E-state index contributed by atoms with van der Waals surface area (Å²) in [5, 5.41) is 3.36. The molecule has 0 aliphatic carbocycles. The average molecular weight is 323 g/mol. The molecule has 1 saturated heterocycles. The third-order valence-electron chi connectivity index (χ3n) is 3.14. The van der Waals surface area contributed by atoms with Crippen LogP contribution in [0, 0.1) is 5.92 Å². The van der Waals surface area contributed by atoms with Crippen molar-refractivity contribution < 1.29 is 8.42 Å². The van der Waals surface area contributed by atoms with Crippen molar-refractivity contribution in [2.24, 2.45) is 5.92 Å². The Morgan fingerprint density at radius 2 is 2.30 bits per heavy atom. The fourth-order valence-electron chi connectivity index (χ4n) is 2.22. The topological polar surface area (TPSA) is 76.0 Å². The highest BCUT2D eigenvalue weighted by atomic mass is 35.5. The highest BCUT2D eigenvalue weighted by Gasteiger charge is 2.21. The van der Waals surface area contributed by atoms with E-state index in [1.165, 1.54) is 0 Å². The van der Waals surface area contributed by atoms with Crippen molar-refractivity contribution in [3.8, 4) is 0 Å². The highest BCUT2D eigenvalue weighted by Crippen LogP contribution is 2.09. The molecule has 6 nitrogen and oxygen atoms in total. The molecule has 1 atom stereocenters. The predicted octanol–water partition coefficient (Wildman–Crippen LogP) is 0.991. The van der Waals surface area contributed by atoms with Gasteiger partial charge in [0.25, 0.3) is 10.0 Å². The minimum atomic E-state index is -3.48. The molecule has 20 heavy (non-hydrogen) atoms. The van der Waals surface area contributed by atoms with Crippen molar-refractivity contribution in [2.45, 2.75) is 44.3 Å². The third-order valence-corrected chi connectivity index (χ3v) is 4.45. The SMILES string of the molecule is CC(C)Cn1cnc(S(=O)(=O)NCC2CCCN2)c1.Cl. The second kappa shape index (κ2) is 7.40. The van der Waals surface area contributed by atoms with Gasteiger partial charge in [-0.05, 0) is 25.3 Å². The van der Waals surface area contributed by atoms with Crippen LogP contribution in [-0.2, 0) is 16.6 Å². The van der Waals surface area contributed by atoms with Gasteiger partial charge in [-0.1, -0.05) is 13.8 Å². The largest absolute Gasteiger partial charge is 0.336 e. The summed E-state index contributed by atoms with van der Waals surface area (Å²) in [5.74, 6) is 0.459. The summed E-state index contributed by atoms with van der Waals surface area (Å²) in [5.41, 5.74) is 0. The molecule has 1 aliphatic rings. The lowest BCUT2D eigenvalue weighted by Crippen LogP contribution is -2.37. The maximum absolute atomic E-state index is 12.1. The molecule has 0 aromatic carbocycles. The van der Waals surface area contributed by atoms with Crippen LogP contribution in [0.4, 0.5) is 0 Å². The highest BCUT2D eigenvalue weighted by molar-refractivity contribution is 7.89. The van der Waals surface area contributed by atoms with E-state index in [0.717, 1.165) is 25.9 Å². The first-order valence-electron chi connectivity index (χ1n) is 6.72. The van der Waals surface area contributed by atoms with Gasteiger partial charge in [0.2, 0.25) is 0 Å². The van der Waals surface area contributed by atoms with Crippen LogP contribution >= 0.6 is 12.4 Å². The Labute approximate surface area is 126 Å². The number of sulfonamides is 1. The Bertz CT molecular complexity index is 509. The minimum absolute atomic E-state index is 0. The molecule has 2 rings (SSSR count). The van der Waals surface area contributed by atoms with E-state index in [2.05, 4.69) is 28.9 Å². The summed E-state index contributed by atoms with van der Waals surface area (Å²) < 4.78 is 28.6. The molecule has 0 spiro atoms. The van der Waals surface area contributed by atoms with Crippen LogP contribution in [0.25, 0.3) is 0 Å². The number of rotatable bonds is 6. The first kappa shape index (κ1) is 17.4. The van der Waals surface area contributed by atoms with Crippen molar-refractivity contribution >= 4 is 22.4 Å². The third kappa shape index (κ3) is 4.73. The molecule has 2 N–H and O–H groups in total. The van der Waals surface area contributed by atoms with Crippen LogP contribution < -0.4 is 10.0 Å². The van der Waals surface area contributed by atoms with Gasteiger partial charge in [-0.2, -0.15) is 0 Å².